The topological polar surface area (TPSA) is 58.4 Å². The van der Waals surface area contributed by atoms with Gasteiger partial charge in [0.1, 0.15) is 0 Å². The quantitative estimate of drug-likeness (QED) is 0.813. The average Bonchev–Trinajstić information content (AvgIpc) is 3.01. The number of carbonyl (C=O) groups is 1. The highest BCUT2D eigenvalue weighted by Crippen LogP contribution is 2.19. The Kier molecular flexibility index (Phi) is 6.15. The van der Waals surface area contributed by atoms with Crippen LogP contribution < -0.4 is 5.32 Å². The van der Waals surface area contributed by atoms with Crippen LogP contribution in [0.1, 0.15) is 19.5 Å². The zero-order valence-electron chi connectivity index (χ0n) is 13.2. The van der Waals surface area contributed by atoms with Gasteiger partial charge in [0.05, 0.1) is 12.1 Å². The molecule has 0 aliphatic rings. The third-order valence-electron chi connectivity index (χ3n) is 3.60. The molecule has 0 saturated carbocycles. The largest absolute Gasteiger partial charge is 0.356 e. The van der Waals surface area contributed by atoms with E-state index in [1.54, 1.807) is 0 Å². The Hall–Kier alpha value is -2.14. The van der Waals surface area contributed by atoms with Gasteiger partial charge < -0.3 is 14.7 Å². The van der Waals surface area contributed by atoms with Crippen molar-refractivity contribution in [1.29, 1.82) is 0 Å². The average molecular weight is 301 g/mol. The fourth-order valence-corrected chi connectivity index (χ4v) is 2.25. The Morgan fingerprint density at radius 1 is 1.23 bits per heavy atom. The first-order valence-electron chi connectivity index (χ1n) is 7.73. The first-order chi connectivity index (χ1) is 10.7. The Balaban J connectivity index is 1.81. The van der Waals surface area contributed by atoms with Crippen molar-refractivity contribution in [3.05, 3.63) is 42.1 Å². The Morgan fingerprint density at radius 3 is 2.64 bits per heavy atom. The number of nitrogens with zero attached hydrogens (tertiary/aromatic N) is 2. The molecule has 22 heavy (non-hydrogen) atoms. The summed E-state index contributed by atoms with van der Waals surface area (Å²) in [6.07, 6.45) is 0.245. The summed E-state index contributed by atoms with van der Waals surface area (Å²) in [5.74, 6) is 0.659. The predicted molar refractivity (Wildman–Crippen MR) is 86.4 cm³/mol. The molecule has 2 rings (SSSR count). The molecule has 0 saturated heterocycles. The summed E-state index contributed by atoms with van der Waals surface area (Å²) in [6, 6.07) is 11.6. The van der Waals surface area contributed by atoms with Crippen molar-refractivity contribution in [3.8, 4) is 11.3 Å². The van der Waals surface area contributed by atoms with Crippen LogP contribution in [0.15, 0.2) is 40.9 Å². The van der Waals surface area contributed by atoms with Gasteiger partial charge in [0.25, 0.3) is 0 Å². The second-order valence-corrected chi connectivity index (χ2v) is 5.10. The minimum Gasteiger partial charge on any atom is -0.356 e. The molecular formula is C17H23N3O2. The van der Waals surface area contributed by atoms with Gasteiger partial charge in [-0.05, 0) is 13.1 Å². The van der Waals surface area contributed by atoms with Gasteiger partial charge in [-0.3, -0.25) is 4.79 Å². The fraction of sp³-hybridized carbons (Fsp3) is 0.412. The first-order valence-corrected chi connectivity index (χ1v) is 7.73. The molecule has 118 valence electrons. The summed E-state index contributed by atoms with van der Waals surface area (Å²) in [6.45, 7) is 7.75. The lowest BCUT2D eigenvalue weighted by atomic mass is 10.1. The third kappa shape index (κ3) is 4.70. The van der Waals surface area contributed by atoms with Gasteiger partial charge in [-0.2, -0.15) is 0 Å². The van der Waals surface area contributed by atoms with Crippen LogP contribution in [0, 0.1) is 0 Å². The van der Waals surface area contributed by atoms with Crippen molar-refractivity contribution in [2.45, 2.75) is 20.3 Å². The maximum absolute atomic E-state index is 11.9. The second kappa shape index (κ2) is 8.34. The molecule has 0 aliphatic heterocycles. The maximum Gasteiger partial charge on any atom is 0.226 e. The molecule has 0 unspecified atom stereocenters. The van der Waals surface area contributed by atoms with Gasteiger partial charge in [-0.1, -0.05) is 49.3 Å². The number of benzene rings is 1. The molecule has 0 aliphatic carbocycles. The smallest absolute Gasteiger partial charge is 0.226 e. The minimum absolute atomic E-state index is 0.0277. The zero-order valence-corrected chi connectivity index (χ0v) is 13.2. The molecule has 1 aromatic carbocycles. The summed E-state index contributed by atoms with van der Waals surface area (Å²) < 4.78 is 5.29. The van der Waals surface area contributed by atoms with Crippen molar-refractivity contribution in [1.82, 2.24) is 15.4 Å². The summed E-state index contributed by atoms with van der Waals surface area (Å²) in [7, 11) is 0. The van der Waals surface area contributed by atoms with Crippen LogP contribution in [0.25, 0.3) is 11.3 Å². The van der Waals surface area contributed by atoms with E-state index in [0.717, 1.165) is 25.2 Å². The number of likely N-dealkylation sites (N-methyl/N-ethyl adjacent to an activating group) is 1. The van der Waals surface area contributed by atoms with Gasteiger partial charge in [0.2, 0.25) is 5.91 Å². The standard InChI is InChI=1S/C17H23N3O2/c1-3-20(4-2)11-10-18-17(21)13-15-12-16(22-19-15)14-8-6-5-7-9-14/h5-9,12H,3-4,10-11,13H2,1-2H3,(H,18,21). The summed E-state index contributed by atoms with van der Waals surface area (Å²) in [5, 5.41) is 6.88. The van der Waals surface area contributed by atoms with Crippen molar-refractivity contribution < 1.29 is 9.32 Å². The second-order valence-electron chi connectivity index (χ2n) is 5.10. The molecule has 1 N–H and O–H groups in total. The van der Waals surface area contributed by atoms with Crippen molar-refractivity contribution in [3.63, 3.8) is 0 Å². The molecule has 0 fully saturated rings. The highest BCUT2D eigenvalue weighted by Gasteiger charge is 2.10. The number of amides is 1. The molecule has 0 bridgehead atoms. The number of aromatic nitrogens is 1. The van der Waals surface area contributed by atoms with Crippen LogP contribution in [-0.4, -0.2) is 42.1 Å². The molecule has 1 heterocycles. The molecule has 1 aromatic heterocycles. The number of nitrogens with one attached hydrogen (secondary N) is 1. The van der Waals surface area contributed by atoms with Crippen LogP contribution in [0.5, 0.6) is 0 Å². The Labute approximate surface area is 131 Å². The first kappa shape index (κ1) is 16.2. The van der Waals surface area contributed by atoms with Gasteiger partial charge in [-0.15, -0.1) is 0 Å². The van der Waals surface area contributed by atoms with Gasteiger partial charge in [0.15, 0.2) is 5.76 Å². The van der Waals surface area contributed by atoms with Crippen LogP contribution in [0.3, 0.4) is 0 Å². The van der Waals surface area contributed by atoms with Gasteiger partial charge >= 0.3 is 0 Å². The fourth-order valence-electron chi connectivity index (χ4n) is 2.25. The molecule has 0 radical (unpaired) electrons. The van der Waals surface area contributed by atoms with Crippen LogP contribution in [0.2, 0.25) is 0 Å². The van der Waals surface area contributed by atoms with Crippen LogP contribution >= 0.6 is 0 Å². The predicted octanol–water partition coefficient (Wildman–Crippen LogP) is 2.34. The van der Waals surface area contributed by atoms with E-state index in [1.807, 2.05) is 36.4 Å². The maximum atomic E-state index is 11.9. The van der Waals surface area contributed by atoms with E-state index in [4.69, 9.17) is 4.52 Å². The molecule has 0 atom stereocenters. The van der Waals surface area contributed by atoms with E-state index in [2.05, 4.69) is 29.2 Å². The lowest BCUT2D eigenvalue weighted by Crippen LogP contribution is -2.35. The molecule has 2 aromatic rings. The lowest BCUT2D eigenvalue weighted by molar-refractivity contribution is -0.120. The lowest BCUT2D eigenvalue weighted by Gasteiger charge is -2.17. The SMILES string of the molecule is CCN(CC)CCNC(=O)Cc1cc(-c2ccccc2)on1. The van der Waals surface area contributed by atoms with E-state index < -0.39 is 0 Å². The number of hydrogen-bond donors (Lipinski definition) is 1. The van der Waals surface area contributed by atoms with E-state index in [0.29, 0.717) is 18.0 Å². The molecule has 5 nitrogen and oxygen atoms in total. The van der Waals surface area contributed by atoms with Gasteiger partial charge in [-0.25, -0.2) is 0 Å². The van der Waals surface area contributed by atoms with E-state index >= 15 is 0 Å². The summed E-state index contributed by atoms with van der Waals surface area (Å²) in [5.41, 5.74) is 1.61. The number of carbonyl (C=O) groups excluding carboxylic acids is 1. The van der Waals surface area contributed by atoms with Crippen molar-refractivity contribution in [2.75, 3.05) is 26.2 Å². The molecule has 0 spiro atoms. The van der Waals surface area contributed by atoms with E-state index in [1.165, 1.54) is 0 Å². The third-order valence-corrected chi connectivity index (χ3v) is 3.60. The van der Waals surface area contributed by atoms with Crippen LogP contribution in [0.4, 0.5) is 0 Å². The van der Waals surface area contributed by atoms with Crippen molar-refractivity contribution >= 4 is 5.91 Å². The highest BCUT2D eigenvalue weighted by molar-refractivity contribution is 5.78. The van der Waals surface area contributed by atoms with E-state index in [-0.39, 0.29) is 12.3 Å². The normalized spacial score (nSPS) is 10.9. The zero-order chi connectivity index (χ0) is 15.8. The van der Waals surface area contributed by atoms with Gasteiger partial charge in [0, 0.05) is 24.7 Å². The molecular weight excluding hydrogens is 278 g/mol. The van der Waals surface area contributed by atoms with Crippen molar-refractivity contribution in [2.24, 2.45) is 0 Å². The highest BCUT2D eigenvalue weighted by atomic mass is 16.5. The van der Waals surface area contributed by atoms with Crippen LogP contribution in [-0.2, 0) is 11.2 Å². The number of rotatable bonds is 8. The number of hydrogen-bond acceptors (Lipinski definition) is 4. The van der Waals surface area contributed by atoms with E-state index in [9.17, 15) is 4.79 Å². The summed E-state index contributed by atoms with van der Waals surface area (Å²) >= 11 is 0. The molecule has 5 heteroatoms. The monoisotopic (exact) mass is 301 g/mol. The summed E-state index contributed by atoms with van der Waals surface area (Å²) in [4.78, 5) is 14.2. The Bertz CT molecular complexity index is 577. The Morgan fingerprint density at radius 2 is 1.95 bits per heavy atom. The minimum atomic E-state index is -0.0277. The molecule has 1 amide bonds.